The molecule has 0 fully saturated rings. The highest BCUT2D eigenvalue weighted by atomic mass is 32.2. The van der Waals surface area contributed by atoms with Crippen LogP contribution in [-0.2, 0) is 19.4 Å². The molecule has 0 aliphatic carbocycles. The summed E-state index contributed by atoms with van der Waals surface area (Å²) in [6.45, 7) is 2.18. The molecule has 6 nitrogen and oxygen atoms in total. The molecule has 0 rings (SSSR count). The summed E-state index contributed by atoms with van der Waals surface area (Å²) in [6, 6.07) is -0.934. The quantitative estimate of drug-likeness (QED) is 0.599. The smallest absolute Gasteiger partial charge is 0.237 e. The van der Waals surface area contributed by atoms with Crippen LogP contribution in [0.3, 0.4) is 0 Å². The van der Waals surface area contributed by atoms with Crippen molar-refractivity contribution < 1.29 is 17.9 Å². The first-order valence-electron chi connectivity index (χ1n) is 4.99. The van der Waals surface area contributed by atoms with E-state index in [0.29, 0.717) is 6.61 Å². The summed E-state index contributed by atoms with van der Waals surface area (Å²) in [5.41, 5.74) is 5.55. The van der Waals surface area contributed by atoms with Crippen molar-refractivity contribution in [1.29, 1.82) is 0 Å². The highest BCUT2D eigenvalue weighted by molar-refractivity contribution is 7.90. The highest BCUT2D eigenvalue weighted by Gasteiger charge is 2.17. The molecule has 0 saturated heterocycles. The lowest BCUT2D eigenvalue weighted by atomic mass is 10.2. The van der Waals surface area contributed by atoms with E-state index in [0.717, 1.165) is 6.26 Å². The number of nitrogens with two attached hydrogens (primary N) is 1. The van der Waals surface area contributed by atoms with Gasteiger partial charge in [-0.1, -0.05) is 0 Å². The van der Waals surface area contributed by atoms with Crippen molar-refractivity contribution in [1.82, 2.24) is 5.32 Å². The van der Waals surface area contributed by atoms with Crippen LogP contribution in [0.15, 0.2) is 0 Å². The molecule has 0 spiro atoms. The van der Waals surface area contributed by atoms with E-state index in [4.69, 9.17) is 10.5 Å². The summed E-state index contributed by atoms with van der Waals surface area (Å²) in [5, 5.41) is 2.63. The largest absolute Gasteiger partial charge is 0.383 e. The summed E-state index contributed by atoms with van der Waals surface area (Å²) < 4.78 is 26.6. The van der Waals surface area contributed by atoms with Gasteiger partial charge in [0.2, 0.25) is 5.91 Å². The third kappa shape index (κ3) is 7.61. The predicted molar refractivity (Wildman–Crippen MR) is 61.8 cm³/mol. The summed E-state index contributed by atoms with van der Waals surface area (Å²) in [5.74, 6) is -0.437. The second-order valence-electron chi connectivity index (χ2n) is 3.89. The van der Waals surface area contributed by atoms with Gasteiger partial charge in [-0.2, -0.15) is 0 Å². The minimum atomic E-state index is -3.08. The van der Waals surface area contributed by atoms with E-state index >= 15 is 0 Å². The fourth-order valence-electron chi connectivity index (χ4n) is 1.11. The van der Waals surface area contributed by atoms with E-state index in [9.17, 15) is 13.2 Å². The van der Waals surface area contributed by atoms with E-state index in [2.05, 4.69) is 5.32 Å². The van der Waals surface area contributed by atoms with Gasteiger partial charge in [0.1, 0.15) is 9.84 Å². The Morgan fingerprint density at radius 1 is 1.50 bits per heavy atom. The van der Waals surface area contributed by atoms with Crippen LogP contribution in [0.5, 0.6) is 0 Å². The summed E-state index contributed by atoms with van der Waals surface area (Å²) in [6.07, 6.45) is 1.25. The molecular weight excluding hydrogens is 232 g/mol. The van der Waals surface area contributed by atoms with Gasteiger partial charge in [-0.05, 0) is 13.3 Å². The van der Waals surface area contributed by atoms with Crippen LogP contribution in [0.2, 0.25) is 0 Å². The molecule has 96 valence electrons. The Balaban J connectivity index is 4.00. The molecule has 1 amide bonds. The van der Waals surface area contributed by atoms with Crippen LogP contribution in [0.25, 0.3) is 0 Å². The van der Waals surface area contributed by atoms with Crippen molar-refractivity contribution in [2.24, 2.45) is 5.73 Å². The minimum Gasteiger partial charge on any atom is -0.383 e. The number of amides is 1. The number of hydrogen-bond donors (Lipinski definition) is 2. The molecular formula is C9H20N2O4S. The molecule has 2 atom stereocenters. The number of nitrogens with one attached hydrogen (secondary N) is 1. The van der Waals surface area contributed by atoms with E-state index < -0.39 is 15.9 Å². The van der Waals surface area contributed by atoms with Crippen molar-refractivity contribution in [3.8, 4) is 0 Å². The Bertz CT molecular complexity index is 315. The molecule has 16 heavy (non-hydrogen) atoms. The zero-order chi connectivity index (χ0) is 12.8. The topological polar surface area (TPSA) is 98.5 Å². The van der Waals surface area contributed by atoms with Gasteiger partial charge in [0.15, 0.2) is 0 Å². The van der Waals surface area contributed by atoms with Crippen LogP contribution in [-0.4, -0.2) is 52.1 Å². The minimum absolute atomic E-state index is 0.0831. The maximum atomic E-state index is 11.5. The zero-order valence-corrected chi connectivity index (χ0v) is 10.7. The van der Waals surface area contributed by atoms with Gasteiger partial charge in [0.05, 0.1) is 18.4 Å². The SMILES string of the molecule is COCC(C)NC(=O)C(N)CCS(C)(=O)=O. The molecule has 0 aliphatic heterocycles. The van der Waals surface area contributed by atoms with Crippen LogP contribution < -0.4 is 11.1 Å². The van der Waals surface area contributed by atoms with Gasteiger partial charge < -0.3 is 15.8 Å². The van der Waals surface area contributed by atoms with Crippen molar-refractivity contribution in [2.75, 3.05) is 25.7 Å². The lowest BCUT2D eigenvalue weighted by Gasteiger charge is -2.16. The number of rotatable bonds is 7. The van der Waals surface area contributed by atoms with Crippen LogP contribution >= 0.6 is 0 Å². The Labute approximate surface area is 96.4 Å². The molecule has 0 saturated carbocycles. The molecule has 0 aliphatic rings. The van der Waals surface area contributed by atoms with Crippen molar-refractivity contribution in [3.63, 3.8) is 0 Å². The zero-order valence-electron chi connectivity index (χ0n) is 9.89. The molecule has 7 heteroatoms. The van der Waals surface area contributed by atoms with Gasteiger partial charge in [-0.25, -0.2) is 8.42 Å². The highest BCUT2D eigenvalue weighted by Crippen LogP contribution is 1.95. The molecule has 0 heterocycles. The maximum Gasteiger partial charge on any atom is 0.237 e. The first kappa shape index (κ1) is 15.3. The van der Waals surface area contributed by atoms with E-state index in [1.54, 1.807) is 6.92 Å². The summed E-state index contributed by atoms with van der Waals surface area (Å²) >= 11 is 0. The van der Waals surface area contributed by atoms with Gasteiger partial charge >= 0.3 is 0 Å². The van der Waals surface area contributed by atoms with Crippen molar-refractivity contribution in [2.45, 2.75) is 25.4 Å². The number of hydrogen-bond acceptors (Lipinski definition) is 5. The Kier molecular flexibility index (Phi) is 6.54. The Morgan fingerprint density at radius 3 is 2.50 bits per heavy atom. The molecule has 0 bridgehead atoms. The van der Waals surface area contributed by atoms with E-state index in [1.165, 1.54) is 7.11 Å². The third-order valence-corrected chi connectivity index (χ3v) is 2.92. The standard InChI is InChI=1S/C9H20N2O4S/c1-7(6-15-2)11-9(12)8(10)4-5-16(3,13)14/h7-8H,4-6,10H2,1-3H3,(H,11,12). The lowest BCUT2D eigenvalue weighted by Crippen LogP contribution is -2.46. The average molecular weight is 252 g/mol. The molecule has 0 aromatic rings. The predicted octanol–water partition coefficient (Wildman–Crippen LogP) is -1.10. The van der Waals surface area contributed by atoms with Gasteiger partial charge in [0.25, 0.3) is 0 Å². The van der Waals surface area contributed by atoms with Crippen molar-refractivity contribution in [3.05, 3.63) is 0 Å². The van der Waals surface area contributed by atoms with Gasteiger partial charge in [0, 0.05) is 19.4 Å². The first-order valence-corrected chi connectivity index (χ1v) is 7.05. The molecule has 2 unspecified atom stereocenters. The van der Waals surface area contributed by atoms with E-state index in [-0.39, 0.29) is 24.1 Å². The number of methoxy groups -OCH3 is 1. The van der Waals surface area contributed by atoms with Gasteiger partial charge in [-0.15, -0.1) is 0 Å². The van der Waals surface area contributed by atoms with E-state index in [1.807, 2.05) is 0 Å². The molecule has 0 radical (unpaired) electrons. The number of carbonyl (C=O) groups is 1. The lowest BCUT2D eigenvalue weighted by molar-refractivity contribution is -0.123. The number of ether oxygens (including phenoxy) is 1. The van der Waals surface area contributed by atoms with Gasteiger partial charge in [-0.3, -0.25) is 4.79 Å². The monoisotopic (exact) mass is 252 g/mol. The molecule has 0 aromatic carbocycles. The second kappa shape index (κ2) is 6.82. The Morgan fingerprint density at radius 2 is 2.06 bits per heavy atom. The normalized spacial score (nSPS) is 15.5. The summed E-state index contributed by atoms with van der Waals surface area (Å²) in [4.78, 5) is 11.5. The maximum absolute atomic E-state index is 11.5. The third-order valence-electron chi connectivity index (χ3n) is 1.94. The molecule has 3 N–H and O–H groups in total. The Hall–Kier alpha value is -0.660. The number of carbonyl (C=O) groups excluding carboxylic acids is 1. The molecule has 0 aromatic heterocycles. The number of sulfone groups is 1. The fraction of sp³-hybridized carbons (Fsp3) is 0.889. The van der Waals surface area contributed by atoms with Crippen LogP contribution in [0.4, 0.5) is 0 Å². The van der Waals surface area contributed by atoms with Crippen molar-refractivity contribution >= 4 is 15.7 Å². The fourth-order valence-corrected chi connectivity index (χ4v) is 1.80. The summed E-state index contributed by atoms with van der Waals surface area (Å²) in [7, 11) is -1.54. The average Bonchev–Trinajstić information content (AvgIpc) is 2.13. The van der Waals surface area contributed by atoms with Crippen LogP contribution in [0.1, 0.15) is 13.3 Å². The van der Waals surface area contributed by atoms with Crippen LogP contribution in [0, 0.1) is 0 Å². The second-order valence-corrected chi connectivity index (χ2v) is 6.15. The first-order chi connectivity index (χ1) is 7.26.